The summed E-state index contributed by atoms with van der Waals surface area (Å²) in [6.45, 7) is 13.5. The highest BCUT2D eigenvalue weighted by atomic mass is 28.4. The van der Waals surface area contributed by atoms with E-state index in [2.05, 4.69) is 50.2 Å². The van der Waals surface area contributed by atoms with Crippen LogP contribution in [-0.4, -0.2) is 33.6 Å². The van der Waals surface area contributed by atoms with E-state index >= 15 is 0 Å². The molecular formula is C19H29N3OSi. The highest BCUT2D eigenvalue weighted by Crippen LogP contribution is 2.42. The highest BCUT2D eigenvalue weighted by molar-refractivity contribution is 6.74. The molecule has 1 aliphatic carbocycles. The highest BCUT2D eigenvalue weighted by Gasteiger charge is 2.44. The third-order valence-electron chi connectivity index (χ3n) is 5.88. The number of nitrogens with one attached hydrogen (secondary N) is 1. The Morgan fingerprint density at radius 2 is 2.00 bits per heavy atom. The molecule has 0 bridgehead atoms. The van der Waals surface area contributed by atoms with Crippen LogP contribution in [0.25, 0.3) is 0 Å². The molecule has 4 nitrogen and oxygen atoms in total. The van der Waals surface area contributed by atoms with Gasteiger partial charge in [0.05, 0.1) is 23.0 Å². The summed E-state index contributed by atoms with van der Waals surface area (Å²) in [5, 5.41) is 12.9. The van der Waals surface area contributed by atoms with Gasteiger partial charge in [-0.1, -0.05) is 20.8 Å². The molecule has 0 radical (unpaired) electrons. The fourth-order valence-electron chi connectivity index (χ4n) is 3.28. The molecule has 1 saturated carbocycles. The Morgan fingerprint density at radius 3 is 2.62 bits per heavy atom. The Bertz CT molecular complexity index is 654. The van der Waals surface area contributed by atoms with Crippen LogP contribution in [0.3, 0.4) is 0 Å². The van der Waals surface area contributed by atoms with Crippen molar-refractivity contribution in [2.24, 2.45) is 0 Å². The molecule has 1 N–H and O–H groups in total. The number of nitriles is 1. The zero-order chi connectivity index (χ0) is 17.5. The van der Waals surface area contributed by atoms with E-state index in [-0.39, 0.29) is 5.04 Å². The molecule has 1 aromatic carbocycles. The van der Waals surface area contributed by atoms with E-state index in [1.54, 1.807) is 0 Å². The average Bonchev–Trinajstić information content (AvgIpc) is 2.48. The Hall–Kier alpha value is -1.51. The molecule has 2 aliphatic rings. The van der Waals surface area contributed by atoms with Crippen LogP contribution in [0.1, 0.15) is 39.2 Å². The Balaban J connectivity index is 1.67. The summed E-state index contributed by atoms with van der Waals surface area (Å²) in [4.78, 5) is 2.47. The Kier molecular flexibility index (Phi) is 4.39. The van der Waals surface area contributed by atoms with Crippen molar-refractivity contribution in [3.8, 4) is 6.07 Å². The van der Waals surface area contributed by atoms with Gasteiger partial charge >= 0.3 is 0 Å². The SMILES string of the molecule is CC(C)(C)[Si](C)(C)O[C@H]1C[C@@H](N2CCNc3ccc(C#N)cc32)C1. The van der Waals surface area contributed by atoms with Gasteiger partial charge in [-0.3, -0.25) is 0 Å². The van der Waals surface area contributed by atoms with Gasteiger partial charge in [0.1, 0.15) is 0 Å². The van der Waals surface area contributed by atoms with Gasteiger partial charge in [-0.2, -0.15) is 5.26 Å². The molecule has 1 aromatic rings. The van der Waals surface area contributed by atoms with Crippen molar-refractivity contribution >= 4 is 19.7 Å². The molecule has 130 valence electrons. The number of hydrogen-bond donors (Lipinski definition) is 1. The van der Waals surface area contributed by atoms with Crippen molar-refractivity contribution in [3.63, 3.8) is 0 Å². The van der Waals surface area contributed by atoms with E-state index in [9.17, 15) is 5.26 Å². The summed E-state index contributed by atoms with van der Waals surface area (Å²) >= 11 is 0. The first-order chi connectivity index (χ1) is 11.2. The molecule has 1 heterocycles. The topological polar surface area (TPSA) is 48.3 Å². The van der Waals surface area contributed by atoms with Crippen LogP contribution in [0, 0.1) is 11.3 Å². The van der Waals surface area contributed by atoms with Crippen molar-refractivity contribution in [2.45, 2.75) is 63.9 Å². The maximum atomic E-state index is 9.18. The van der Waals surface area contributed by atoms with Crippen LogP contribution in [0.15, 0.2) is 18.2 Å². The minimum Gasteiger partial charge on any atom is -0.414 e. The molecule has 5 heteroatoms. The number of anilines is 2. The predicted molar refractivity (Wildman–Crippen MR) is 102 cm³/mol. The van der Waals surface area contributed by atoms with Crippen molar-refractivity contribution in [3.05, 3.63) is 23.8 Å². The van der Waals surface area contributed by atoms with Crippen LogP contribution < -0.4 is 10.2 Å². The smallest absolute Gasteiger partial charge is 0.192 e. The Labute approximate surface area is 146 Å². The van der Waals surface area contributed by atoms with E-state index in [1.165, 1.54) is 5.69 Å². The lowest BCUT2D eigenvalue weighted by molar-refractivity contribution is 0.0827. The van der Waals surface area contributed by atoms with E-state index in [0.29, 0.717) is 12.1 Å². The van der Waals surface area contributed by atoms with E-state index in [0.717, 1.165) is 37.2 Å². The molecule has 1 fully saturated rings. The summed E-state index contributed by atoms with van der Waals surface area (Å²) in [5.41, 5.74) is 3.06. The molecule has 0 saturated heterocycles. The second-order valence-corrected chi connectivity index (χ2v) is 13.3. The first kappa shape index (κ1) is 17.3. The molecule has 0 spiro atoms. The number of hydrogen-bond acceptors (Lipinski definition) is 4. The maximum Gasteiger partial charge on any atom is 0.192 e. The molecule has 3 rings (SSSR count). The maximum absolute atomic E-state index is 9.18. The zero-order valence-corrected chi connectivity index (χ0v) is 16.5. The summed E-state index contributed by atoms with van der Waals surface area (Å²) in [6, 6.07) is 8.73. The van der Waals surface area contributed by atoms with Gasteiger partial charge in [0.25, 0.3) is 0 Å². The van der Waals surface area contributed by atoms with E-state index < -0.39 is 8.32 Å². The average molecular weight is 344 g/mol. The van der Waals surface area contributed by atoms with E-state index in [1.807, 2.05) is 18.2 Å². The van der Waals surface area contributed by atoms with Crippen LogP contribution in [-0.2, 0) is 4.43 Å². The lowest BCUT2D eigenvalue weighted by Gasteiger charge is -2.49. The summed E-state index contributed by atoms with van der Waals surface area (Å²) in [7, 11) is -1.68. The van der Waals surface area contributed by atoms with Gasteiger partial charge in [0.2, 0.25) is 0 Å². The van der Waals surface area contributed by atoms with Crippen LogP contribution in [0.4, 0.5) is 11.4 Å². The molecule has 0 unspecified atom stereocenters. The normalized spacial score (nSPS) is 23.8. The van der Waals surface area contributed by atoms with Crippen molar-refractivity contribution in [1.29, 1.82) is 5.26 Å². The van der Waals surface area contributed by atoms with Gasteiger partial charge in [0.15, 0.2) is 8.32 Å². The van der Waals surface area contributed by atoms with Gasteiger partial charge < -0.3 is 14.6 Å². The first-order valence-corrected chi connectivity index (χ1v) is 11.8. The largest absolute Gasteiger partial charge is 0.414 e. The standard InChI is InChI=1S/C19H29N3OSi/c1-19(2,3)24(4,5)23-16-11-15(12-16)22-9-8-21-17-7-6-14(13-20)10-18(17)22/h6-7,10,15-16,21H,8-9,11-12H2,1-5H3/t15-,16+. The summed E-state index contributed by atoms with van der Waals surface area (Å²) < 4.78 is 6.54. The first-order valence-electron chi connectivity index (χ1n) is 8.94. The number of fused-ring (bicyclic) bond motifs is 1. The van der Waals surface area contributed by atoms with Crippen LogP contribution in [0.5, 0.6) is 0 Å². The minimum atomic E-state index is -1.68. The van der Waals surface area contributed by atoms with Crippen LogP contribution >= 0.6 is 0 Å². The van der Waals surface area contributed by atoms with Gasteiger partial charge in [-0.25, -0.2) is 0 Å². The van der Waals surface area contributed by atoms with Crippen molar-refractivity contribution in [1.82, 2.24) is 0 Å². The summed E-state index contributed by atoms with van der Waals surface area (Å²) in [5.74, 6) is 0. The third-order valence-corrected chi connectivity index (χ3v) is 10.4. The van der Waals surface area contributed by atoms with Gasteiger partial charge in [-0.05, 0) is 49.2 Å². The monoisotopic (exact) mass is 343 g/mol. The second kappa shape index (κ2) is 6.09. The van der Waals surface area contributed by atoms with Crippen molar-refractivity contribution < 1.29 is 4.43 Å². The Morgan fingerprint density at radius 1 is 1.29 bits per heavy atom. The molecule has 24 heavy (non-hydrogen) atoms. The van der Waals surface area contributed by atoms with Crippen molar-refractivity contribution in [2.75, 3.05) is 23.3 Å². The zero-order valence-electron chi connectivity index (χ0n) is 15.5. The van der Waals surface area contributed by atoms with E-state index in [4.69, 9.17) is 4.43 Å². The quantitative estimate of drug-likeness (QED) is 0.829. The minimum absolute atomic E-state index is 0.265. The summed E-state index contributed by atoms with van der Waals surface area (Å²) in [6.07, 6.45) is 2.60. The number of rotatable bonds is 3. The fourth-order valence-corrected chi connectivity index (χ4v) is 4.66. The molecule has 0 aromatic heterocycles. The number of benzene rings is 1. The predicted octanol–water partition coefficient (Wildman–Crippen LogP) is 4.34. The lowest BCUT2D eigenvalue weighted by Crippen LogP contribution is -2.55. The molecular weight excluding hydrogens is 314 g/mol. The molecule has 0 atom stereocenters. The van der Waals surface area contributed by atoms with Crippen LogP contribution in [0.2, 0.25) is 18.1 Å². The third kappa shape index (κ3) is 3.18. The lowest BCUT2D eigenvalue weighted by atomic mass is 9.87. The molecule has 1 aliphatic heterocycles. The van der Waals surface area contributed by atoms with Gasteiger partial charge in [-0.15, -0.1) is 0 Å². The number of nitrogens with zero attached hydrogens (tertiary/aromatic N) is 2. The van der Waals surface area contributed by atoms with Gasteiger partial charge in [0, 0.05) is 25.2 Å². The molecule has 0 amide bonds. The second-order valence-electron chi connectivity index (χ2n) is 8.59. The fraction of sp³-hybridized carbons (Fsp3) is 0.632.